The number of rotatable bonds is 3. The molecule has 8 heteroatoms. The maximum absolute atomic E-state index is 12.5. The van der Waals surface area contributed by atoms with Gasteiger partial charge < -0.3 is 23.7 Å². The van der Waals surface area contributed by atoms with Crippen LogP contribution in [0.4, 0.5) is 4.79 Å². The van der Waals surface area contributed by atoms with Crippen LogP contribution in [0.3, 0.4) is 0 Å². The lowest BCUT2D eigenvalue weighted by molar-refractivity contribution is -0.215. The van der Waals surface area contributed by atoms with Crippen molar-refractivity contribution in [3.8, 4) is 0 Å². The van der Waals surface area contributed by atoms with E-state index in [1.54, 1.807) is 38.1 Å². The minimum Gasteiger partial charge on any atom is -0.456 e. The molecule has 3 aliphatic heterocycles. The highest BCUT2D eigenvalue weighted by Crippen LogP contribution is 2.43. The molecule has 4 rings (SSSR count). The van der Waals surface area contributed by atoms with E-state index < -0.39 is 36.4 Å². The van der Waals surface area contributed by atoms with Crippen LogP contribution in [0.2, 0.25) is 0 Å². The quantitative estimate of drug-likeness (QED) is 0.754. The summed E-state index contributed by atoms with van der Waals surface area (Å²) in [7, 11) is 0. The fourth-order valence-corrected chi connectivity index (χ4v) is 4.08. The van der Waals surface area contributed by atoms with E-state index in [-0.39, 0.29) is 17.2 Å². The van der Waals surface area contributed by atoms with Gasteiger partial charge in [-0.2, -0.15) is 0 Å². The van der Waals surface area contributed by atoms with Gasteiger partial charge in [-0.25, -0.2) is 9.59 Å². The van der Waals surface area contributed by atoms with Gasteiger partial charge in [-0.3, -0.25) is 0 Å². The lowest BCUT2D eigenvalue weighted by Crippen LogP contribution is -2.43. The van der Waals surface area contributed by atoms with Crippen molar-refractivity contribution >= 4 is 23.0 Å². The average molecular weight is 366 g/mol. The van der Waals surface area contributed by atoms with Crippen LogP contribution in [0.1, 0.15) is 24.2 Å². The molecule has 3 heterocycles. The van der Waals surface area contributed by atoms with Gasteiger partial charge in [-0.15, -0.1) is 0 Å². The Kier molecular flexibility index (Phi) is 4.23. The van der Waals surface area contributed by atoms with Crippen molar-refractivity contribution in [1.29, 1.82) is 0 Å². The summed E-state index contributed by atoms with van der Waals surface area (Å²) in [5.41, 5.74) is 0.439. The molecule has 3 fully saturated rings. The SMILES string of the molecule is CC1(C)O[C@H]2O[C@H]([C@H]3COC(=O)S3)[C@H](OC(=O)c3ccccc3)[C@H]2O1. The first-order chi connectivity index (χ1) is 11.9. The predicted molar refractivity (Wildman–Crippen MR) is 87.1 cm³/mol. The third kappa shape index (κ3) is 3.27. The highest BCUT2D eigenvalue weighted by atomic mass is 32.2. The van der Waals surface area contributed by atoms with Gasteiger partial charge in [-0.1, -0.05) is 18.2 Å². The zero-order valence-electron chi connectivity index (χ0n) is 13.7. The minimum atomic E-state index is -0.827. The second-order valence-electron chi connectivity index (χ2n) is 6.52. The fourth-order valence-electron chi connectivity index (χ4n) is 3.21. The van der Waals surface area contributed by atoms with Gasteiger partial charge in [-0.05, 0) is 37.7 Å². The number of benzene rings is 1. The molecular formula is C17H18O7S. The van der Waals surface area contributed by atoms with Crippen molar-refractivity contribution in [2.45, 2.75) is 49.5 Å². The molecule has 7 nitrogen and oxygen atoms in total. The Bertz CT molecular complexity index is 677. The molecule has 0 N–H and O–H groups in total. The number of cyclic esters (lactones) is 1. The van der Waals surface area contributed by atoms with Crippen molar-refractivity contribution in [2.24, 2.45) is 0 Å². The highest BCUT2D eigenvalue weighted by molar-refractivity contribution is 8.14. The third-order valence-corrected chi connectivity index (χ3v) is 5.28. The van der Waals surface area contributed by atoms with Gasteiger partial charge in [0.2, 0.25) is 0 Å². The normalized spacial score (nSPS) is 36.1. The molecule has 0 aliphatic carbocycles. The van der Waals surface area contributed by atoms with E-state index in [4.69, 9.17) is 23.7 Å². The molecule has 1 aromatic rings. The standard InChI is InChI=1S/C17H18O7S/c1-17(2)23-13-12(21-14(18)9-6-4-3-5-7-9)11(22-15(13)24-17)10-8-20-16(19)25-10/h3-7,10-13,15H,8H2,1-2H3/t10-,11-,12+,13-,15-/m1/s1. The van der Waals surface area contributed by atoms with E-state index in [1.165, 1.54) is 0 Å². The summed E-state index contributed by atoms with van der Waals surface area (Å²) in [6, 6.07) is 8.71. The first-order valence-electron chi connectivity index (χ1n) is 8.03. The van der Waals surface area contributed by atoms with Crippen LogP contribution < -0.4 is 0 Å². The van der Waals surface area contributed by atoms with E-state index >= 15 is 0 Å². The Balaban J connectivity index is 1.55. The van der Waals surface area contributed by atoms with E-state index in [0.29, 0.717) is 5.56 Å². The summed E-state index contributed by atoms with van der Waals surface area (Å²) in [5, 5.41) is -0.636. The third-order valence-electron chi connectivity index (χ3n) is 4.26. The molecule has 1 aromatic carbocycles. The number of ether oxygens (including phenoxy) is 5. The first-order valence-corrected chi connectivity index (χ1v) is 8.91. The minimum absolute atomic E-state index is 0.205. The molecule has 0 unspecified atom stereocenters. The van der Waals surface area contributed by atoms with Gasteiger partial charge >= 0.3 is 11.3 Å². The molecule has 0 aromatic heterocycles. The molecule has 134 valence electrons. The number of esters is 1. The number of hydrogen-bond donors (Lipinski definition) is 0. The Morgan fingerprint density at radius 1 is 1.20 bits per heavy atom. The van der Waals surface area contributed by atoms with E-state index in [0.717, 1.165) is 11.8 Å². The molecule has 0 saturated carbocycles. The average Bonchev–Trinajstić information content (AvgIpc) is 3.21. The van der Waals surface area contributed by atoms with Crippen molar-refractivity contribution in [1.82, 2.24) is 0 Å². The lowest BCUT2D eigenvalue weighted by Gasteiger charge is -2.27. The maximum atomic E-state index is 12.5. The Labute approximate surface area is 148 Å². The Hall–Kier alpha value is -1.61. The topological polar surface area (TPSA) is 80.3 Å². The molecule has 0 spiro atoms. The van der Waals surface area contributed by atoms with Crippen LogP contribution in [0.5, 0.6) is 0 Å². The molecule has 25 heavy (non-hydrogen) atoms. The zero-order chi connectivity index (χ0) is 17.6. The number of carbonyl (C=O) groups is 2. The molecular weight excluding hydrogens is 348 g/mol. The number of fused-ring (bicyclic) bond motifs is 1. The Morgan fingerprint density at radius 2 is 1.96 bits per heavy atom. The molecule has 3 saturated heterocycles. The van der Waals surface area contributed by atoms with Gasteiger partial charge in [0.25, 0.3) is 0 Å². The highest BCUT2D eigenvalue weighted by Gasteiger charge is 2.59. The monoisotopic (exact) mass is 366 g/mol. The first kappa shape index (κ1) is 16.8. The largest absolute Gasteiger partial charge is 0.456 e. The van der Waals surface area contributed by atoms with Crippen LogP contribution >= 0.6 is 11.8 Å². The molecule has 0 bridgehead atoms. The van der Waals surface area contributed by atoms with E-state index in [9.17, 15) is 9.59 Å². The van der Waals surface area contributed by atoms with Gasteiger partial charge in [0.05, 0.1) is 10.8 Å². The zero-order valence-corrected chi connectivity index (χ0v) is 14.6. The van der Waals surface area contributed by atoms with Gasteiger partial charge in [0.15, 0.2) is 24.3 Å². The fraction of sp³-hybridized carbons (Fsp3) is 0.529. The smallest absolute Gasteiger partial charge is 0.367 e. The summed E-state index contributed by atoms with van der Waals surface area (Å²) in [4.78, 5) is 23.9. The van der Waals surface area contributed by atoms with Gasteiger partial charge in [0.1, 0.15) is 12.7 Å². The summed E-state index contributed by atoms with van der Waals surface area (Å²) in [5.74, 6) is -1.30. The number of carbonyl (C=O) groups excluding carboxylic acids is 2. The van der Waals surface area contributed by atoms with E-state index in [2.05, 4.69) is 0 Å². The lowest BCUT2D eigenvalue weighted by atomic mass is 10.1. The molecule has 0 radical (unpaired) electrons. The second-order valence-corrected chi connectivity index (χ2v) is 7.70. The summed E-state index contributed by atoms with van der Waals surface area (Å²) in [6.45, 7) is 3.75. The molecule has 3 aliphatic rings. The van der Waals surface area contributed by atoms with Crippen molar-refractivity contribution in [3.05, 3.63) is 35.9 Å². The predicted octanol–water partition coefficient (Wildman–Crippen LogP) is 2.34. The summed E-state index contributed by atoms with van der Waals surface area (Å²) in [6.07, 6.45) is -2.43. The summed E-state index contributed by atoms with van der Waals surface area (Å²) < 4.78 is 28.3. The van der Waals surface area contributed by atoms with Crippen LogP contribution in [-0.4, -0.2) is 53.5 Å². The van der Waals surface area contributed by atoms with E-state index in [1.807, 2.05) is 6.07 Å². The number of thioether (sulfide) groups is 1. The number of hydrogen-bond acceptors (Lipinski definition) is 8. The Morgan fingerprint density at radius 3 is 2.64 bits per heavy atom. The van der Waals surface area contributed by atoms with Crippen molar-refractivity contribution < 1.29 is 33.3 Å². The van der Waals surface area contributed by atoms with Crippen LogP contribution in [-0.2, 0) is 23.7 Å². The van der Waals surface area contributed by atoms with Crippen molar-refractivity contribution in [2.75, 3.05) is 6.61 Å². The molecule has 0 amide bonds. The summed E-state index contributed by atoms with van der Waals surface area (Å²) >= 11 is 1.04. The van der Waals surface area contributed by atoms with Crippen LogP contribution in [0.15, 0.2) is 30.3 Å². The van der Waals surface area contributed by atoms with Gasteiger partial charge in [0, 0.05) is 0 Å². The van der Waals surface area contributed by atoms with Crippen LogP contribution in [0.25, 0.3) is 0 Å². The molecule has 5 atom stereocenters. The van der Waals surface area contributed by atoms with Crippen LogP contribution in [0, 0.1) is 0 Å². The second kappa shape index (κ2) is 6.28. The maximum Gasteiger partial charge on any atom is 0.367 e. The van der Waals surface area contributed by atoms with Crippen molar-refractivity contribution in [3.63, 3.8) is 0 Å².